The molecule has 0 unspecified atom stereocenters. The van der Waals surface area contributed by atoms with E-state index in [2.05, 4.69) is 79.4 Å². The summed E-state index contributed by atoms with van der Waals surface area (Å²) in [5.41, 5.74) is 34.8. The standard InChI is InChI=1S/C85H125N21O18S2/c1-47-18-16-21-58-55(45-95-68(47)58)43-64-76(117)98-61(30-31-65(88)110)74(115)105-71(84(7,8)126-125-83(5,6)70(96-50(4)109)79(120)99-59(23-17-37-94-82(91)123)73(114)104-69(48(2)107)78(119)101-64)80(121)102-62(41-51-25-28-57(29-26-51)124-39-35-87)75(116)100-63(42-52-24-27-53-19-10-11-20-54(53)40-52)77(118)106-85(9,33-13-14-34-86)81(122)103-60(22-12-15-36-93-49(3)108)72(113)97-56(44-67(90)112)46-92-38-32-66(89)111/h10-11,16,18-21,24-29,40,45,48,56,59-64,69-71,92,95,107H,12-15,17,22-23,30-39,41-44,46,86-87H2,1-9H3,(H2,88,110)(H2,89,111)(H2,90,112)(H,93,108)(H,96,109)(H,97,113)(H,98,117)(H,99,120)(H,100,116)(H,101,119)(H,102,121)(H,103,122)(H,104,114)(H,105,115)(H,106,118)(H3,91,94,123)/t48-,56+,59+,60+,61+,62+,63+,64+,69+,70-,71-,85+/m1/s1. The Morgan fingerprint density at radius 1 is 0.587 bits per heavy atom. The van der Waals surface area contributed by atoms with Crippen LogP contribution in [0.1, 0.15) is 155 Å². The zero-order valence-electron chi connectivity index (χ0n) is 72.7. The number of unbranched alkanes of at least 4 members (excludes halogenated alkanes) is 2. The number of aliphatic hydroxyl groups excluding tert-OH is 1. The van der Waals surface area contributed by atoms with Crippen LogP contribution in [-0.4, -0.2) is 232 Å². The zero-order valence-corrected chi connectivity index (χ0v) is 74.4. The van der Waals surface area contributed by atoms with E-state index in [1.54, 1.807) is 80.7 Å². The van der Waals surface area contributed by atoms with Gasteiger partial charge in [-0.15, -0.1) is 0 Å². The molecule has 4 aromatic carbocycles. The molecule has 1 fully saturated rings. The van der Waals surface area contributed by atoms with E-state index in [0.29, 0.717) is 46.2 Å². The number of aromatic nitrogens is 1. The molecule has 126 heavy (non-hydrogen) atoms. The third-order valence-electron chi connectivity index (χ3n) is 21.0. The molecule has 1 aliphatic rings. The van der Waals surface area contributed by atoms with E-state index in [4.69, 9.17) is 39.1 Å². The summed E-state index contributed by atoms with van der Waals surface area (Å²) < 4.78 is 2.60. The van der Waals surface area contributed by atoms with Gasteiger partial charge in [-0.2, -0.15) is 0 Å². The number of primary amides is 4. The van der Waals surface area contributed by atoms with E-state index in [1.165, 1.54) is 34.6 Å². The number of amides is 17. The molecular weight excluding hydrogens is 1670 g/mol. The summed E-state index contributed by atoms with van der Waals surface area (Å²) in [5, 5.41) is 51.7. The van der Waals surface area contributed by atoms with Gasteiger partial charge in [0, 0.05) is 112 Å². The number of nitrogens with two attached hydrogens (primary N) is 6. The Morgan fingerprint density at radius 2 is 1.21 bits per heavy atom. The van der Waals surface area contributed by atoms with Crippen LogP contribution in [0.15, 0.2) is 91.1 Å². The van der Waals surface area contributed by atoms with E-state index in [0.717, 1.165) is 44.8 Å². The van der Waals surface area contributed by atoms with Crippen LogP contribution in [0.25, 0.3) is 21.7 Å². The molecule has 0 spiro atoms. The maximum Gasteiger partial charge on any atom is 0.312 e. The van der Waals surface area contributed by atoms with E-state index in [-0.39, 0.29) is 122 Å². The topological polar surface area (TPSA) is 643 Å². The lowest BCUT2D eigenvalue weighted by Crippen LogP contribution is -2.65. The number of ether oxygens (including phenoxy) is 1. The van der Waals surface area contributed by atoms with Gasteiger partial charge in [0.15, 0.2) is 0 Å². The number of urea groups is 1. The van der Waals surface area contributed by atoms with E-state index < -0.39 is 183 Å². The van der Waals surface area contributed by atoms with Crippen LogP contribution in [0.5, 0.6) is 5.75 Å². The van der Waals surface area contributed by atoms with Crippen molar-refractivity contribution < 1.29 is 86.6 Å². The molecule has 0 aliphatic carbocycles. The molecular formula is C85H125N21O18S2. The van der Waals surface area contributed by atoms with Gasteiger partial charge in [0.05, 0.1) is 12.1 Å². The molecule has 2 heterocycles. The fourth-order valence-corrected chi connectivity index (χ4v) is 16.9. The van der Waals surface area contributed by atoms with Crippen molar-refractivity contribution in [3.05, 3.63) is 113 Å². The molecule has 12 atom stereocenters. The number of fused-ring (bicyclic) bond motifs is 2. The minimum atomic E-state index is -1.94. The quantitative estimate of drug-likeness (QED) is 0.0157. The van der Waals surface area contributed by atoms with Gasteiger partial charge >= 0.3 is 6.03 Å². The highest BCUT2D eigenvalue weighted by Crippen LogP contribution is 2.47. The Bertz CT molecular complexity index is 4650. The summed E-state index contributed by atoms with van der Waals surface area (Å²) in [4.78, 5) is 231. The van der Waals surface area contributed by atoms with Gasteiger partial charge in [-0.3, -0.25) is 71.9 Å². The first-order chi connectivity index (χ1) is 59.5. The van der Waals surface area contributed by atoms with Gasteiger partial charge in [0.1, 0.15) is 72.3 Å². The summed E-state index contributed by atoms with van der Waals surface area (Å²) >= 11 is 0. The molecule has 1 aromatic heterocycles. The molecule has 1 aliphatic heterocycles. The smallest absolute Gasteiger partial charge is 0.312 e. The average Bonchev–Trinajstić information content (AvgIpc) is 1.50. The Kier molecular flexibility index (Phi) is 40.8. The van der Waals surface area contributed by atoms with Gasteiger partial charge in [0.2, 0.25) is 88.6 Å². The highest BCUT2D eigenvalue weighted by atomic mass is 33.1. The van der Waals surface area contributed by atoms with Crippen LogP contribution in [0, 0.1) is 6.92 Å². The van der Waals surface area contributed by atoms with Crippen LogP contribution >= 0.6 is 21.6 Å². The number of rotatable bonds is 44. The number of carbonyl (C=O) groups is 16. The summed E-state index contributed by atoms with van der Waals surface area (Å²) in [7, 11) is 1.84. The lowest BCUT2D eigenvalue weighted by atomic mass is 9.91. The van der Waals surface area contributed by atoms with E-state index in [1.807, 2.05) is 31.2 Å². The highest BCUT2D eigenvalue weighted by molar-refractivity contribution is 8.77. The number of aryl methyl sites for hydroxylation is 1. The van der Waals surface area contributed by atoms with Crippen molar-refractivity contribution in [2.75, 3.05) is 45.9 Å². The average molecular weight is 1790 g/mol. The molecule has 0 radical (unpaired) electrons. The van der Waals surface area contributed by atoms with Crippen LogP contribution in [0.3, 0.4) is 0 Å². The first-order valence-electron chi connectivity index (χ1n) is 41.9. The summed E-state index contributed by atoms with van der Waals surface area (Å²) in [6, 6.07) is 7.36. The predicted octanol–water partition coefficient (Wildman–Crippen LogP) is -1.44. The monoisotopic (exact) mass is 1790 g/mol. The number of para-hydroxylation sites is 1. The van der Waals surface area contributed by atoms with Gasteiger partial charge < -0.3 is 124 Å². The first-order valence-corrected chi connectivity index (χ1v) is 44.0. The van der Waals surface area contributed by atoms with Crippen molar-refractivity contribution in [1.82, 2.24) is 79.4 Å². The minimum Gasteiger partial charge on any atom is -0.492 e. The lowest BCUT2D eigenvalue weighted by Gasteiger charge is -2.39. The Labute approximate surface area is 739 Å². The van der Waals surface area contributed by atoms with Crippen molar-refractivity contribution in [2.45, 2.75) is 240 Å². The van der Waals surface area contributed by atoms with Gasteiger partial charge in [-0.25, -0.2) is 4.79 Å². The minimum absolute atomic E-state index is 0.0154. The number of aromatic amines is 1. The fourth-order valence-electron chi connectivity index (χ4n) is 14.0. The molecule has 1 saturated heterocycles. The number of benzene rings is 4. The van der Waals surface area contributed by atoms with E-state index in [9.17, 15) is 48.3 Å². The Hall–Kier alpha value is -11.7. The second-order valence-electron chi connectivity index (χ2n) is 32.7. The number of hydrogen-bond donors (Lipinski definition) is 22. The van der Waals surface area contributed by atoms with Crippen LogP contribution < -0.4 is 114 Å². The molecule has 0 saturated carbocycles. The number of hydrogen-bond acceptors (Lipinski definition) is 23. The molecule has 17 amide bonds. The zero-order chi connectivity index (χ0) is 93.2. The number of carbonyl (C=O) groups excluding carboxylic acids is 16. The van der Waals surface area contributed by atoms with Crippen molar-refractivity contribution in [3.8, 4) is 5.75 Å². The largest absolute Gasteiger partial charge is 0.492 e. The predicted molar refractivity (Wildman–Crippen MR) is 477 cm³/mol. The van der Waals surface area contributed by atoms with Gasteiger partial charge in [-0.05, 0) is 158 Å². The third kappa shape index (κ3) is 33.4. The maximum atomic E-state index is 16.3. The maximum absolute atomic E-state index is 16.3. The molecule has 39 nitrogen and oxygen atoms in total. The van der Waals surface area contributed by atoms with Crippen molar-refractivity contribution in [3.63, 3.8) is 0 Å². The Morgan fingerprint density at radius 3 is 1.86 bits per heavy atom. The molecule has 41 heteroatoms. The van der Waals surface area contributed by atoms with Crippen molar-refractivity contribution in [1.29, 1.82) is 0 Å². The first kappa shape index (κ1) is 103. The van der Waals surface area contributed by atoms with Crippen molar-refractivity contribution in [2.24, 2.45) is 34.4 Å². The van der Waals surface area contributed by atoms with Crippen LogP contribution in [-0.2, 0) is 91.2 Å². The normalized spacial score (nSPS) is 19.3. The number of nitrogens with one attached hydrogen (secondary N) is 15. The fraction of sp³-hybridized carbons (Fsp3) is 0.529. The molecule has 0 bridgehead atoms. The molecule has 28 N–H and O–H groups in total. The molecule has 690 valence electrons. The van der Waals surface area contributed by atoms with Crippen molar-refractivity contribution >= 4 is 138 Å². The van der Waals surface area contributed by atoms with Gasteiger partial charge in [-0.1, -0.05) is 94.4 Å². The highest BCUT2D eigenvalue weighted by Gasteiger charge is 2.47. The van der Waals surface area contributed by atoms with E-state index >= 15 is 33.6 Å². The molecule has 6 rings (SSSR count). The summed E-state index contributed by atoms with van der Waals surface area (Å²) in [6.45, 7) is 13.6. The molecule has 5 aromatic rings. The second-order valence-corrected chi connectivity index (χ2v) is 36.1. The SMILES string of the molecule is CC(=O)NCCCC[C@H](NC(=O)[C@](C)(CCCCN)NC(=O)[C@H](Cc1ccc2ccccc2c1)NC(=O)[C@H](Cc1ccc(OCCN)cc1)NC(=O)[C@H]1NC(=O)[C@H](CCC(N)=O)NC(=O)[C@H](Cc2c[nH]c3c(C)cccc23)NC(=O)[C@H]([C@@H](C)O)NC(=O)[C@H](CCCNC(N)=O)NC(=O)[C@@H](NC(C)=O)C(C)(C)SSC1(C)C)C(=O)N[C@H](CNCCC(N)=O)CC(N)=O. The van der Waals surface area contributed by atoms with Crippen LogP contribution in [0.4, 0.5) is 4.79 Å². The summed E-state index contributed by atoms with van der Waals surface area (Å²) in [6.07, 6.45) is -1.91. The summed E-state index contributed by atoms with van der Waals surface area (Å²) in [5.74, 6) is -13.0. The van der Waals surface area contributed by atoms with Crippen LogP contribution in [0.2, 0.25) is 0 Å². The number of H-pyrrole nitrogens is 1. The number of aliphatic hydroxyl groups is 1. The lowest BCUT2D eigenvalue weighted by molar-refractivity contribution is -0.138. The second kappa shape index (κ2) is 49.9. The van der Waals surface area contributed by atoms with Gasteiger partial charge in [0.25, 0.3) is 0 Å². The Balaban J connectivity index is 1.53. The third-order valence-corrected chi connectivity index (χ3v) is 25.3.